The number of fused-ring (bicyclic) bond motifs is 1. The largest absolute Gasteiger partial charge is 0.378 e. The Hall–Kier alpha value is -4.58. The number of hydrogen-bond acceptors (Lipinski definition) is 8. The third-order valence-corrected chi connectivity index (χ3v) is 7.38. The Balaban J connectivity index is 1.69. The van der Waals surface area contributed by atoms with E-state index in [0.717, 1.165) is 11.3 Å². The molecule has 2 N–H and O–H groups in total. The van der Waals surface area contributed by atoms with Gasteiger partial charge in [-0.3, -0.25) is 24.7 Å². The summed E-state index contributed by atoms with van der Waals surface area (Å²) in [4.78, 5) is 38.5. The maximum Gasteiger partial charge on any atom is 0.282 e. The Kier molecular flexibility index (Phi) is 8.86. The van der Waals surface area contributed by atoms with Crippen LogP contribution < -0.4 is 26.2 Å². The fourth-order valence-electron chi connectivity index (χ4n) is 4.87. The highest BCUT2D eigenvalue weighted by molar-refractivity contribution is 6.32. The van der Waals surface area contributed by atoms with Crippen molar-refractivity contribution in [3.8, 4) is 5.69 Å². The third-order valence-electron chi connectivity index (χ3n) is 7.08. The van der Waals surface area contributed by atoms with Gasteiger partial charge in [0, 0.05) is 25.0 Å². The molecule has 1 aliphatic heterocycles. The van der Waals surface area contributed by atoms with E-state index < -0.39 is 11.5 Å². The number of hydrogen-bond donors (Lipinski definition) is 2. The van der Waals surface area contributed by atoms with Crippen LogP contribution in [0.15, 0.2) is 82.7 Å². The molecule has 4 aromatic rings. The molecule has 43 heavy (non-hydrogen) atoms. The van der Waals surface area contributed by atoms with Gasteiger partial charge in [-0.25, -0.2) is 9.78 Å². The van der Waals surface area contributed by atoms with Gasteiger partial charge in [-0.1, -0.05) is 54.1 Å². The predicted molar refractivity (Wildman–Crippen MR) is 165 cm³/mol. The van der Waals surface area contributed by atoms with E-state index in [-0.39, 0.29) is 29.3 Å². The number of anilines is 2. The lowest BCUT2D eigenvalue weighted by Gasteiger charge is -2.13. The summed E-state index contributed by atoms with van der Waals surface area (Å²) < 4.78 is 1.32. The number of nitrogens with zero attached hydrogens (tertiary/aromatic N) is 4. The van der Waals surface area contributed by atoms with Gasteiger partial charge in [0.25, 0.3) is 11.5 Å². The van der Waals surface area contributed by atoms with E-state index in [4.69, 9.17) is 22.1 Å². The van der Waals surface area contributed by atoms with Crippen LogP contribution in [0.2, 0.25) is 5.02 Å². The molecular formula is C32H29ClN4O6. The molecule has 11 heteroatoms. The fourth-order valence-corrected chi connectivity index (χ4v) is 5.16. The van der Waals surface area contributed by atoms with Gasteiger partial charge in [0.2, 0.25) is 0 Å². The van der Waals surface area contributed by atoms with Gasteiger partial charge in [-0.15, -0.1) is 5.10 Å². The van der Waals surface area contributed by atoms with E-state index in [0.29, 0.717) is 33.3 Å². The third kappa shape index (κ3) is 6.00. The van der Waals surface area contributed by atoms with Crippen LogP contribution in [-0.4, -0.2) is 35.1 Å². The average molecular weight is 601 g/mol. The monoisotopic (exact) mass is 600 g/mol. The van der Waals surface area contributed by atoms with Gasteiger partial charge in [0.15, 0.2) is 5.49 Å². The first-order chi connectivity index (χ1) is 20.7. The molecule has 0 atom stereocenters. The van der Waals surface area contributed by atoms with Crippen molar-refractivity contribution >= 4 is 41.0 Å². The molecule has 0 aliphatic carbocycles. The number of rotatable bonds is 9. The second-order valence-corrected chi connectivity index (χ2v) is 10.5. The fraction of sp³-hybridized carbons (Fsp3) is 0.156. The van der Waals surface area contributed by atoms with Crippen LogP contribution in [-0.2, 0) is 23.0 Å². The molecular weight excluding hydrogens is 572 g/mol. The number of halogens is 1. The Labute approximate surface area is 252 Å². The van der Waals surface area contributed by atoms with Crippen LogP contribution in [0.4, 0.5) is 11.4 Å². The van der Waals surface area contributed by atoms with Crippen LogP contribution in [0.5, 0.6) is 0 Å². The lowest BCUT2D eigenvalue weighted by atomic mass is 10.1. The summed E-state index contributed by atoms with van der Waals surface area (Å²) in [6.45, 7) is 1.55. The molecule has 0 bridgehead atoms. The zero-order chi connectivity index (χ0) is 30.7. The van der Waals surface area contributed by atoms with E-state index in [1.807, 2.05) is 49.3 Å². The van der Waals surface area contributed by atoms with Crippen molar-refractivity contribution in [1.29, 1.82) is 0 Å². The number of pyridine rings is 1. The van der Waals surface area contributed by atoms with Crippen LogP contribution in [0.3, 0.4) is 0 Å². The average Bonchev–Trinajstić information content (AvgIpc) is 3.33. The maximum absolute atomic E-state index is 14.1. The van der Waals surface area contributed by atoms with Crippen molar-refractivity contribution in [1.82, 2.24) is 4.57 Å². The Morgan fingerprint density at radius 3 is 2.30 bits per heavy atom. The minimum Gasteiger partial charge on any atom is -0.378 e. The molecule has 0 unspecified atom stereocenters. The van der Waals surface area contributed by atoms with E-state index >= 15 is 0 Å². The summed E-state index contributed by atoms with van der Waals surface area (Å²) in [6.07, 6.45) is 5.31. The highest BCUT2D eigenvalue weighted by Crippen LogP contribution is 2.25. The Bertz CT molecular complexity index is 1900. The van der Waals surface area contributed by atoms with Crippen molar-refractivity contribution in [2.45, 2.75) is 20.1 Å². The normalized spacial score (nSPS) is 13.1. The predicted octanol–water partition coefficient (Wildman–Crippen LogP) is 4.53. The van der Waals surface area contributed by atoms with Gasteiger partial charge in [-0.2, -0.15) is 5.01 Å². The molecule has 0 radical (unpaired) electrons. The molecule has 0 saturated carbocycles. The summed E-state index contributed by atoms with van der Waals surface area (Å²) in [7, 11) is 3.94. The summed E-state index contributed by atoms with van der Waals surface area (Å²) in [5.74, 6) is -0.428. The smallest absolute Gasteiger partial charge is 0.282 e. The molecule has 220 valence electrons. The van der Waals surface area contributed by atoms with Crippen molar-refractivity contribution < 1.29 is 25.1 Å². The molecule has 1 amide bonds. The number of aromatic nitrogens is 1. The first kappa shape index (κ1) is 29.9. The highest BCUT2D eigenvalue weighted by Gasteiger charge is 2.31. The first-order valence-corrected chi connectivity index (χ1v) is 13.7. The van der Waals surface area contributed by atoms with Crippen LogP contribution in [0, 0.1) is 6.92 Å². The van der Waals surface area contributed by atoms with Crippen molar-refractivity contribution in [3.05, 3.63) is 127 Å². The van der Waals surface area contributed by atoms with E-state index in [2.05, 4.69) is 14.9 Å². The topological polar surface area (TPSA) is 117 Å². The second kappa shape index (κ2) is 12.7. The number of amides is 1. The highest BCUT2D eigenvalue weighted by atomic mass is 35.5. The van der Waals surface area contributed by atoms with Gasteiger partial charge in [-0.05, 0) is 71.7 Å². The van der Waals surface area contributed by atoms with Crippen LogP contribution in [0.25, 0.3) is 17.8 Å². The van der Waals surface area contributed by atoms with Crippen LogP contribution >= 0.6 is 11.6 Å². The van der Waals surface area contributed by atoms with Crippen LogP contribution in [0.1, 0.15) is 32.6 Å². The zero-order valence-corrected chi connectivity index (χ0v) is 24.4. The quantitative estimate of drug-likeness (QED) is 0.214. The van der Waals surface area contributed by atoms with Gasteiger partial charge < -0.3 is 4.90 Å². The van der Waals surface area contributed by atoms with Gasteiger partial charge in [0.1, 0.15) is 13.2 Å². The van der Waals surface area contributed by atoms with E-state index in [9.17, 15) is 9.59 Å². The standard InChI is InChI=1S/C32H29ClN4O6/c1-20-26(9-5-6-21-10-13-24(14-11-21)35(2)3)31(38)36(28-15-12-23(19-43-41)17-27(28)33)30-29(20)32(39)37(34-30)25-8-4-7-22(16-25)18-42-40/h4-17,40-41H,18-19H2,1-3H3/b6-5+,26-9+. The summed E-state index contributed by atoms with van der Waals surface area (Å²) in [6, 6.07) is 19.6. The summed E-state index contributed by atoms with van der Waals surface area (Å²) in [5.41, 5.74) is 4.38. The molecule has 2 heterocycles. The molecule has 1 aliphatic rings. The minimum absolute atomic E-state index is 0.0740. The minimum atomic E-state index is -0.428. The second-order valence-electron chi connectivity index (χ2n) is 10.1. The summed E-state index contributed by atoms with van der Waals surface area (Å²) in [5, 5.41) is 24.1. The zero-order valence-electron chi connectivity index (χ0n) is 23.7. The number of carbonyl (C=O) groups is 1. The van der Waals surface area contributed by atoms with Gasteiger partial charge in [0.05, 0.1) is 22.0 Å². The van der Waals surface area contributed by atoms with Crippen molar-refractivity contribution in [2.75, 3.05) is 24.0 Å². The molecule has 0 spiro atoms. The first-order valence-electron chi connectivity index (χ1n) is 13.3. The lowest BCUT2D eigenvalue weighted by Crippen LogP contribution is -2.45. The molecule has 0 saturated heterocycles. The number of allylic oxidation sites excluding steroid dienone is 1. The van der Waals surface area contributed by atoms with Gasteiger partial charge >= 0.3 is 0 Å². The summed E-state index contributed by atoms with van der Waals surface area (Å²) >= 11 is 6.63. The number of benzene rings is 3. The Morgan fingerprint density at radius 1 is 0.953 bits per heavy atom. The van der Waals surface area contributed by atoms with Crippen molar-refractivity contribution in [2.24, 2.45) is 5.10 Å². The SMILES string of the molecule is Cc1c2c(n(-c3ccc(COO)cc3Cl)c(=O)/c1=C/C=C/c1ccc(N(C)C)cc1)=NN(c1cccc(COO)c1)C2=O. The molecule has 0 fully saturated rings. The maximum atomic E-state index is 14.1. The Morgan fingerprint density at radius 2 is 1.65 bits per heavy atom. The molecule has 5 rings (SSSR count). The molecule has 10 nitrogen and oxygen atoms in total. The van der Waals surface area contributed by atoms with Crippen molar-refractivity contribution in [3.63, 3.8) is 0 Å². The number of carbonyl (C=O) groups excluding carboxylic acids is 1. The lowest BCUT2D eigenvalue weighted by molar-refractivity contribution is -0.253. The molecule has 3 aromatic carbocycles. The van der Waals surface area contributed by atoms with E-state index in [1.165, 1.54) is 9.58 Å². The van der Waals surface area contributed by atoms with E-state index in [1.54, 1.807) is 61.5 Å². The molecule has 1 aromatic heterocycles.